The van der Waals surface area contributed by atoms with Gasteiger partial charge in [0, 0.05) is 11.5 Å². The van der Waals surface area contributed by atoms with Crippen LogP contribution in [0.25, 0.3) is 11.0 Å². The highest BCUT2D eigenvalue weighted by Crippen LogP contribution is 2.24. The Balaban J connectivity index is 2.76. The molecular formula is C9H7O4+. The van der Waals surface area contributed by atoms with Crippen LogP contribution in [0, 0.1) is 0 Å². The van der Waals surface area contributed by atoms with Gasteiger partial charge in [0.2, 0.25) is 0 Å². The van der Waals surface area contributed by atoms with Crippen molar-refractivity contribution in [2.45, 2.75) is 0 Å². The summed E-state index contributed by atoms with van der Waals surface area (Å²) >= 11 is 0. The Bertz CT molecular complexity index is 469. The number of carboxylic acids is 1. The first kappa shape index (κ1) is 7.67. The Morgan fingerprint density at radius 3 is 2.92 bits per heavy atom. The summed E-state index contributed by atoms with van der Waals surface area (Å²) in [6.45, 7) is 0. The molecule has 4 heteroatoms. The molecule has 0 atom stereocenters. The van der Waals surface area contributed by atoms with Gasteiger partial charge in [-0.1, -0.05) is 0 Å². The third-order valence-corrected chi connectivity index (χ3v) is 1.81. The van der Waals surface area contributed by atoms with Crippen LogP contribution in [0.5, 0.6) is 5.75 Å². The average Bonchev–Trinajstić information content (AvgIpc) is 2.46. The van der Waals surface area contributed by atoms with Gasteiger partial charge < -0.3 is 14.6 Å². The van der Waals surface area contributed by atoms with Gasteiger partial charge in [-0.15, -0.1) is 0 Å². The van der Waals surface area contributed by atoms with Crippen molar-refractivity contribution in [1.82, 2.24) is 0 Å². The summed E-state index contributed by atoms with van der Waals surface area (Å²) in [4.78, 5) is 10.7. The second kappa shape index (κ2) is 2.52. The number of hydrogen-bond acceptors (Lipinski definition) is 2. The van der Waals surface area contributed by atoms with Crippen LogP contribution in [0.4, 0.5) is 0 Å². The van der Waals surface area contributed by atoms with E-state index in [0.29, 0.717) is 16.7 Å². The fourth-order valence-corrected chi connectivity index (χ4v) is 1.19. The second-order valence-corrected chi connectivity index (χ2v) is 2.67. The molecule has 0 radical (unpaired) electrons. The Labute approximate surface area is 73.0 Å². The van der Waals surface area contributed by atoms with Crippen molar-refractivity contribution in [1.29, 1.82) is 0 Å². The molecule has 0 spiro atoms. The largest absolute Gasteiger partial charge is 0.593 e. The Morgan fingerprint density at radius 1 is 1.46 bits per heavy atom. The smallest absolute Gasteiger partial charge is 0.339 e. The monoisotopic (exact) mass is 179 g/mol. The minimum absolute atomic E-state index is 0.134. The van der Waals surface area contributed by atoms with Crippen LogP contribution in [-0.4, -0.2) is 16.2 Å². The molecule has 0 unspecified atom stereocenters. The van der Waals surface area contributed by atoms with Crippen LogP contribution in [0.3, 0.4) is 0 Å². The predicted octanol–water partition coefficient (Wildman–Crippen LogP) is 1.57. The lowest BCUT2D eigenvalue weighted by molar-refractivity contribution is 0.0698. The number of aromatic carboxylic acids is 1. The van der Waals surface area contributed by atoms with E-state index in [9.17, 15) is 4.79 Å². The molecule has 0 saturated carbocycles. The maximum absolute atomic E-state index is 10.7. The number of rotatable bonds is 1. The molecule has 0 aliphatic carbocycles. The fourth-order valence-electron chi connectivity index (χ4n) is 1.19. The Hall–Kier alpha value is -1.97. The molecule has 1 heterocycles. The molecule has 0 bridgehead atoms. The van der Waals surface area contributed by atoms with E-state index in [0.717, 1.165) is 0 Å². The van der Waals surface area contributed by atoms with Gasteiger partial charge in [-0.2, -0.15) is 0 Å². The zero-order valence-corrected chi connectivity index (χ0v) is 6.57. The van der Waals surface area contributed by atoms with E-state index in [-0.39, 0.29) is 5.56 Å². The van der Waals surface area contributed by atoms with Crippen molar-refractivity contribution in [3.8, 4) is 5.75 Å². The molecule has 2 rings (SSSR count). The number of carbonyl (C=O) groups is 1. The molecule has 0 aliphatic rings. The van der Waals surface area contributed by atoms with Gasteiger partial charge in [-0.25, -0.2) is 4.79 Å². The summed E-state index contributed by atoms with van der Waals surface area (Å²) in [6, 6.07) is 4.59. The second-order valence-electron chi connectivity index (χ2n) is 2.67. The lowest BCUT2D eigenvalue weighted by Crippen LogP contribution is -1.92. The number of benzene rings is 1. The molecule has 66 valence electrons. The zero-order chi connectivity index (χ0) is 9.42. The molecule has 0 fully saturated rings. The van der Waals surface area contributed by atoms with Crippen molar-refractivity contribution in [2.75, 3.05) is 0 Å². The zero-order valence-electron chi connectivity index (χ0n) is 6.57. The maximum atomic E-state index is 10.7. The summed E-state index contributed by atoms with van der Waals surface area (Å²) in [5.74, 6) is -0.713. The number of furan rings is 1. The number of hydrogen-bond donors (Lipinski definition) is 1. The highest BCUT2D eigenvalue weighted by Gasteiger charge is 2.12. The predicted molar refractivity (Wildman–Crippen MR) is 46.2 cm³/mol. The van der Waals surface area contributed by atoms with Gasteiger partial charge in [0.25, 0.3) is 5.75 Å². The normalized spacial score (nSPS) is 10.5. The van der Waals surface area contributed by atoms with Crippen molar-refractivity contribution < 1.29 is 19.4 Å². The van der Waals surface area contributed by atoms with Gasteiger partial charge in [-0.05, 0) is 6.07 Å². The highest BCUT2D eigenvalue weighted by atomic mass is 16.4. The lowest BCUT2D eigenvalue weighted by atomic mass is 10.2. The SMILES string of the molecule is O=C(O)c1coc2cc([OH2+])ccc12. The first-order chi connectivity index (χ1) is 6.18. The molecular weight excluding hydrogens is 172 g/mol. The Kier molecular flexibility index (Phi) is 1.48. The van der Waals surface area contributed by atoms with Crippen LogP contribution < -0.4 is 0 Å². The first-order valence-electron chi connectivity index (χ1n) is 3.64. The third kappa shape index (κ3) is 1.12. The topological polar surface area (TPSA) is 73.3 Å². The van der Waals surface area contributed by atoms with E-state index < -0.39 is 5.97 Å². The first-order valence-corrected chi connectivity index (χ1v) is 3.64. The standard InChI is InChI=1S/C9H6O4/c10-5-1-2-6-7(9(11)12)4-13-8(6)3-5/h1-4,10H,(H,11,12)/p+1. The van der Waals surface area contributed by atoms with E-state index in [4.69, 9.17) is 14.6 Å². The summed E-state index contributed by atoms with van der Waals surface area (Å²) in [6.07, 6.45) is 1.19. The third-order valence-electron chi connectivity index (χ3n) is 1.81. The molecule has 13 heavy (non-hydrogen) atoms. The van der Waals surface area contributed by atoms with Crippen LogP contribution >= 0.6 is 0 Å². The van der Waals surface area contributed by atoms with Gasteiger partial charge in [0.05, 0.1) is 6.07 Å². The van der Waals surface area contributed by atoms with Gasteiger partial charge in [0.15, 0.2) is 0 Å². The van der Waals surface area contributed by atoms with E-state index in [1.165, 1.54) is 18.4 Å². The highest BCUT2D eigenvalue weighted by molar-refractivity contribution is 6.02. The molecule has 0 saturated heterocycles. The molecule has 4 nitrogen and oxygen atoms in total. The van der Waals surface area contributed by atoms with E-state index >= 15 is 0 Å². The van der Waals surface area contributed by atoms with Crippen LogP contribution in [0.2, 0.25) is 0 Å². The average molecular weight is 179 g/mol. The quantitative estimate of drug-likeness (QED) is 0.675. The maximum Gasteiger partial charge on any atom is 0.339 e. The van der Waals surface area contributed by atoms with Crippen LogP contribution in [0.1, 0.15) is 10.4 Å². The van der Waals surface area contributed by atoms with Crippen LogP contribution in [-0.2, 0) is 0 Å². The summed E-state index contributed by atoms with van der Waals surface area (Å²) in [7, 11) is 0. The fraction of sp³-hybridized carbons (Fsp3) is 0. The molecule has 2 aromatic rings. The van der Waals surface area contributed by atoms with Crippen molar-refractivity contribution >= 4 is 16.9 Å². The molecule has 0 amide bonds. The van der Waals surface area contributed by atoms with Crippen LogP contribution in [0.15, 0.2) is 28.9 Å². The number of carboxylic acid groups (broad SMARTS) is 1. The van der Waals surface area contributed by atoms with E-state index in [1.807, 2.05) is 0 Å². The molecule has 0 aliphatic heterocycles. The van der Waals surface area contributed by atoms with Gasteiger partial charge in [0.1, 0.15) is 17.4 Å². The molecule has 3 N–H and O–H groups in total. The summed E-state index contributed by atoms with van der Waals surface area (Å²) in [5, 5.41) is 16.6. The molecule has 1 aromatic carbocycles. The van der Waals surface area contributed by atoms with Gasteiger partial charge >= 0.3 is 5.97 Å². The van der Waals surface area contributed by atoms with E-state index in [2.05, 4.69) is 0 Å². The minimum Gasteiger partial charge on any atom is -0.593 e. The Morgan fingerprint density at radius 2 is 2.23 bits per heavy atom. The van der Waals surface area contributed by atoms with Crippen molar-refractivity contribution in [2.24, 2.45) is 0 Å². The number of fused-ring (bicyclic) bond motifs is 1. The molecule has 1 aromatic heterocycles. The van der Waals surface area contributed by atoms with E-state index in [1.54, 1.807) is 6.07 Å². The van der Waals surface area contributed by atoms with Gasteiger partial charge in [-0.3, -0.25) is 0 Å². The summed E-state index contributed by atoms with van der Waals surface area (Å²) < 4.78 is 4.99. The van der Waals surface area contributed by atoms with Crippen molar-refractivity contribution in [3.63, 3.8) is 0 Å². The minimum atomic E-state index is -1.02. The summed E-state index contributed by atoms with van der Waals surface area (Å²) in [5.41, 5.74) is 0.569. The van der Waals surface area contributed by atoms with Crippen molar-refractivity contribution in [3.05, 3.63) is 30.0 Å². The lowest BCUT2D eigenvalue weighted by Gasteiger charge is -1.89.